The van der Waals surface area contributed by atoms with Crippen LogP contribution in [0.4, 0.5) is 0 Å². The molecule has 118 valence electrons. The van der Waals surface area contributed by atoms with Gasteiger partial charge in [0.25, 0.3) is 0 Å². The molecule has 0 fully saturated rings. The van der Waals surface area contributed by atoms with Crippen LogP contribution < -0.4 is 9.32 Å². The van der Waals surface area contributed by atoms with Crippen molar-refractivity contribution < 1.29 is 17.4 Å². The Morgan fingerprint density at radius 3 is 2.36 bits per heavy atom. The minimum Gasteiger partial charge on any atom is -0.371 e. The van der Waals surface area contributed by atoms with Gasteiger partial charge in [0.15, 0.2) is 5.78 Å². The molecule has 2 aliphatic carbocycles. The lowest BCUT2D eigenvalue weighted by atomic mass is 9.79. The zero-order valence-electron chi connectivity index (χ0n) is 12.3. The summed E-state index contributed by atoms with van der Waals surface area (Å²) in [5.41, 5.74) is 3.98. The Balaban J connectivity index is 2.02. The number of rotatable bonds is 2. The highest BCUT2D eigenvalue weighted by molar-refractivity contribution is 7.84. The van der Waals surface area contributed by atoms with E-state index in [1.165, 1.54) is 12.8 Å². The van der Waals surface area contributed by atoms with Gasteiger partial charge in [0, 0.05) is 6.42 Å². The summed E-state index contributed by atoms with van der Waals surface area (Å²) in [5, 5.41) is 4.89. The summed E-state index contributed by atoms with van der Waals surface area (Å²) in [6.45, 7) is 0. The number of benzene rings is 1. The van der Waals surface area contributed by atoms with Gasteiger partial charge in [0.05, 0.1) is 0 Å². The van der Waals surface area contributed by atoms with Crippen LogP contribution in [0.3, 0.4) is 0 Å². The van der Waals surface area contributed by atoms with Crippen molar-refractivity contribution in [2.75, 3.05) is 0 Å². The SMILES string of the molecule is NS(=O)(=O)Oc1ccc2c(c1)CC(=O)C1=C2CCCCCC1. The van der Waals surface area contributed by atoms with E-state index in [0.717, 1.165) is 48.0 Å². The van der Waals surface area contributed by atoms with Crippen molar-refractivity contribution in [1.82, 2.24) is 0 Å². The third-order valence-electron chi connectivity index (χ3n) is 4.27. The summed E-state index contributed by atoms with van der Waals surface area (Å²) in [5.74, 6) is 0.307. The molecule has 0 aromatic heterocycles. The number of ketones is 1. The van der Waals surface area contributed by atoms with Gasteiger partial charge in [0.1, 0.15) is 5.75 Å². The second-order valence-electron chi connectivity index (χ2n) is 5.87. The Morgan fingerprint density at radius 1 is 1.00 bits per heavy atom. The first-order valence-corrected chi connectivity index (χ1v) is 9.02. The molecule has 0 spiro atoms. The maximum Gasteiger partial charge on any atom is 0.380 e. The van der Waals surface area contributed by atoms with Crippen molar-refractivity contribution in [1.29, 1.82) is 0 Å². The highest BCUT2D eigenvalue weighted by Crippen LogP contribution is 2.38. The van der Waals surface area contributed by atoms with Gasteiger partial charge < -0.3 is 4.18 Å². The van der Waals surface area contributed by atoms with Crippen molar-refractivity contribution in [2.24, 2.45) is 5.14 Å². The Morgan fingerprint density at radius 2 is 1.68 bits per heavy atom. The predicted octanol–water partition coefficient (Wildman–Crippen LogP) is 2.50. The van der Waals surface area contributed by atoms with Crippen LogP contribution in [-0.2, 0) is 21.5 Å². The summed E-state index contributed by atoms with van der Waals surface area (Å²) < 4.78 is 26.8. The fraction of sp³-hybridized carbons (Fsp3) is 0.438. The lowest BCUT2D eigenvalue weighted by Gasteiger charge is -2.25. The maximum absolute atomic E-state index is 12.4. The first kappa shape index (κ1) is 15.2. The average Bonchev–Trinajstić information content (AvgIpc) is 2.37. The summed E-state index contributed by atoms with van der Waals surface area (Å²) in [6.07, 6.45) is 6.57. The zero-order valence-corrected chi connectivity index (χ0v) is 13.1. The molecule has 0 bridgehead atoms. The van der Waals surface area contributed by atoms with Crippen LogP contribution in [0.5, 0.6) is 5.75 Å². The number of hydrogen-bond acceptors (Lipinski definition) is 4. The van der Waals surface area contributed by atoms with Crippen LogP contribution in [0.25, 0.3) is 5.57 Å². The van der Waals surface area contributed by atoms with Crippen LogP contribution >= 0.6 is 0 Å². The third kappa shape index (κ3) is 3.23. The van der Waals surface area contributed by atoms with E-state index in [-0.39, 0.29) is 11.5 Å². The van der Waals surface area contributed by atoms with Crippen molar-refractivity contribution in [3.63, 3.8) is 0 Å². The monoisotopic (exact) mass is 321 g/mol. The van der Waals surface area contributed by atoms with Crippen LogP contribution in [-0.4, -0.2) is 14.2 Å². The first-order valence-electron chi connectivity index (χ1n) is 7.55. The van der Waals surface area contributed by atoms with Crippen molar-refractivity contribution in [3.8, 4) is 5.75 Å². The van der Waals surface area contributed by atoms with Gasteiger partial charge in [-0.2, -0.15) is 13.6 Å². The van der Waals surface area contributed by atoms with Gasteiger partial charge in [-0.1, -0.05) is 18.9 Å². The molecule has 2 N–H and O–H groups in total. The second kappa shape index (κ2) is 5.85. The molecule has 0 heterocycles. The van der Waals surface area contributed by atoms with Crippen LogP contribution in [0, 0.1) is 0 Å². The summed E-state index contributed by atoms with van der Waals surface area (Å²) in [6, 6.07) is 5.06. The Hall–Kier alpha value is -1.66. The molecule has 0 unspecified atom stereocenters. The number of nitrogens with two attached hydrogens (primary N) is 1. The Bertz CT molecular complexity index is 749. The van der Waals surface area contributed by atoms with Gasteiger partial charge in [0.2, 0.25) is 0 Å². The number of carbonyl (C=O) groups is 1. The van der Waals surface area contributed by atoms with Crippen LogP contribution in [0.2, 0.25) is 0 Å². The maximum atomic E-state index is 12.4. The highest BCUT2D eigenvalue weighted by atomic mass is 32.2. The molecule has 22 heavy (non-hydrogen) atoms. The summed E-state index contributed by atoms with van der Waals surface area (Å²) in [4.78, 5) is 12.4. The third-order valence-corrected chi connectivity index (χ3v) is 4.69. The van der Waals surface area contributed by atoms with E-state index in [9.17, 15) is 13.2 Å². The largest absolute Gasteiger partial charge is 0.380 e. The molecule has 0 amide bonds. The molecule has 0 saturated carbocycles. The summed E-state index contributed by atoms with van der Waals surface area (Å²) >= 11 is 0. The van der Waals surface area contributed by atoms with E-state index in [1.54, 1.807) is 12.1 Å². The van der Waals surface area contributed by atoms with Gasteiger partial charge in [-0.3, -0.25) is 4.79 Å². The van der Waals surface area contributed by atoms with E-state index >= 15 is 0 Å². The quantitative estimate of drug-likeness (QED) is 0.906. The predicted molar refractivity (Wildman–Crippen MR) is 83.5 cm³/mol. The molecule has 0 saturated heterocycles. The van der Waals surface area contributed by atoms with Crippen molar-refractivity contribution in [2.45, 2.75) is 44.9 Å². The van der Waals surface area contributed by atoms with E-state index in [4.69, 9.17) is 9.32 Å². The minimum atomic E-state index is -4.05. The van der Waals surface area contributed by atoms with E-state index in [1.807, 2.05) is 6.07 Å². The van der Waals surface area contributed by atoms with Crippen molar-refractivity contribution in [3.05, 3.63) is 34.9 Å². The first-order chi connectivity index (χ1) is 10.4. The number of allylic oxidation sites excluding steroid dienone is 2. The smallest absolute Gasteiger partial charge is 0.371 e. The van der Waals surface area contributed by atoms with Gasteiger partial charge in [-0.15, -0.1) is 0 Å². The standard InChI is InChI=1S/C16H19NO4S/c17-22(19,20)21-12-7-8-13-11(9-12)10-16(18)15-6-4-2-1-3-5-14(13)15/h7-9H,1-6,10H2,(H2,17,19,20). The molecule has 0 atom stereocenters. The van der Waals surface area contributed by atoms with Gasteiger partial charge in [-0.05, 0) is 60.1 Å². The molecule has 1 aromatic rings. The van der Waals surface area contributed by atoms with E-state index in [2.05, 4.69) is 0 Å². The lowest BCUT2D eigenvalue weighted by Crippen LogP contribution is -2.20. The molecule has 5 nitrogen and oxygen atoms in total. The molecular formula is C16H19NO4S. The molecule has 6 heteroatoms. The molecule has 3 rings (SSSR count). The second-order valence-corrected chi connectivity index (χ2v) is 7.02. The molecule has 0 radical (unpaired) electrons. The number of fused-ring (bicyclic) bond motifs is 2. The summed E-state index contributed by atoms with van der Waals surface area (Å²) in [7, 11) is -4.05. The number of Topliss-reactive ketones (excluding diaryl/α,β-unsaturated/α-hetero) is 1. The average molecular weight is 321 g/mol. The number of hydrogen-bond donors (Lipinski definition) is 1. The van der Waals surface area contributed by atoms with Gasteiger partial charge in [-0.25, -0.2) is 0 Å². The minimum absolute atomic E-state index is 0.150. The molecule has 0 aliphatic heterocycles. The molecular weight excluding hydrogens is 302 g/mol. The Kier molecular flexibility index (Phi) is 4.06. The number of carbonyl (C=O) groups excluding carboxylic acids is 1. The topological polar surface area (TPSA) is 86.5 Å². The fourth-order valence-corrected chi connectivity index (χ4v) is 3.71. The van der Waals surface area contributed by atoms with Crippen molar-refractivity contribution >= 4 is 21.7 Å². The van der Waals surface area contributed by atoms with Crippen LogP contribution in [0.1, 0.15) is 49.7 Å². The normalized spacial score (nSPS) is 19.0. The lowest BCUT2D eigenvalue weighted by molar-refractivity contribution is -0.115. The van der Waals surface area contributed by atoms with E-state index in [0.29, 0.717) is 6.42 Å². The molecule has 2 aliphatic rings. The fourth-order valence-electron chi connectivity index (χ4n) is 3.34. The molecule has 1 aromatic carbocycles. The van der Waals surface area contributed by atoms with Crippen LogP contribution in [0.15, 0.2) is 23.8 Å². The van der Waals surface area contributed by atoms with Gasteiger partial charge >= 0.3 is 10.3 Å². The van der Waals surface area contributed by atoms with E-state index < -0.39 is 10.3 Å². The zero-order chi connectivity index (χ0) is 15.7. The Labute approximate surface area is 130 Å². The highest BCUT2D eigenvalue weighted by Gasteiger charge is 2.26.